The van der Waals surface area contributed by atoms with Crippen LogP contribution in [0, 0.1) is 6.92 Å². The molecule has 1 aromatic carbocycles. The molecule has 0 bridgehead atoms. The minimum Gasteiger partial charge on any atom is -0.388 e. The molecule has 1 aromatic rings. The molecule has 1 rings (SSSR count). The summed E-state index contributed by atoms with van der Waals surface area (Å²) in [5.41, 5.74) is 3.41. The first kappa shape index (κ1) is 10.3. The summed E-state index contributed by atoms with van der Waals surface area (Å²) < 4.78 is 1.07. The minimum atomic E-state index is 1.07. The van der Waals surface area contributed by atoms with Crippen LogP contribution in [0.1, 0.15) is 11.1 Å². The van der Waals surface area contributed by atoms with Crippen LogP contribution in [-0.4, -0.2) is 20.3 Å². The average molecular weight is 241 g/mol. The van der Waals surface area contributed by atoms with Crippen molar-refractivity contribution in [2.24, 2.45) is 4.99 Å². The van der Waals surface area contributed by atoms with E-state index in [-0.39, 0.29) is 0 Å². The van der Waals surface area contributed by atoms with Crippen LogP contribution in [0.3, 0.4) is 0 Å². The molecular formula is C10H13BrN2. The smallest absolute Gasteiger partial charge is 0.0440 e. The number of halogens is 1. The van der Waals surface area contributed by atoms with Crippen molar-refractivity contribution in [2.75, 3.05) is 19.4 Å². The Balaban J connectivity index is 3.29. The van der Waals surface area contributed by atoms with Gasteiger partial charge < -0.3 is 5.32 Å². The van der Waals surface area contributed by atoms with Crippen molar-refractivity contribution in [1.29, 1.82) is 0 Å². The van der Waals surface area contributed by atoms with Crippen LogP contribution in [0.25, 0.3) is 0 Å². The first-order valence-electron chi connectivity index (χ1n) is 4.09. The van der Waals surface area contributed by atoms with Crippen LogP contribution in [0.2, 0.25) is 0 Å². The summed E-state index contributed by atoms with van der Waals surface area (Å²) in [4.78, 5) is 4.01. The molecule has 0 saturated carbocycles. The maximum absolute atomic E-state index is 4.01. The molecule has 0 aromatic heterocycles. The van der Waals surface area contributed by atoms with Crippen molar-refractivity contribution in [3.05, 3.63) is 27.7 Å². The Kier molecular flexibility index (Phi) is 3.48. The van der Waals surface area contributed by atoms with Crippen LogP contribution >= 0.6 is 15.9 Å². The number of aryl methyl sites for hydroxylation is 1. The lowest BCUT2D eigenvalue weighted by Crippen LogP contribution is -1.96. The molecule has 0 amide bonds. The third kappa shape index (κ3) is 2.31. The van der Waals surface area contributed by atoms with Crippen molar-refractivity contribution in [2.45, 2.75) is 6.92 Å². The van der Waals surface area contributed by atoms with E-state index in [4.69, 9.17) is 0 Å². The second kappa shape index (κ2) is 4.42. The van der Waals surface area contributed by atoms with Crippen molar-refractivity contribution in [1.82, 2.24) is 0 Å². The number of benzene rings is 1. The number of nitrogens with zero attached hydrogens (tertiary/aromatic N) is 1. The van der Waals surface area contributed by atoms with Crippen LogP contribution in [0.5, 0.6) is 0 Å². The number of anilines is 1. The number of hydrogen-bond acceptors (Lipinski definition) is 2. The maximum Gasteiger partial charge on any atom is 0.0440 e. The summed E-state index contributed by atoms with van der Waals surface area (Å²) in [6.07, 6.45) is 1.84. The van der Waals surface area contributed by atoms with Gasteiger partial charge in [-0.05, 0) is 24.6 Å². The first-order chi connectivity index (χ1) is 6.19. The van der Waals surface area contributed by atoms with Gasteiger partial charge in [0.15, 0.2) is 0 Å². The van der Waals surface area contributed by atoms with Gasteiger partial charge in [0.2, 0.25) is 0 Å². The molecular weight excluding hydrogens is 228 g/mol. The van der Waals surface area contributed by atoms with Crippen LogP contribution in [0.15, 0.2) is 21.6 Å². The highest BCUT2D eigenvalue weighted by atomic mass is 79.9. The van der Waals surface area contributed by atoms with Gasteiger partial charge in [0.05, 0.1) is 0 Å². The van der Waals surface area contributed by atoms with Gasteiger partial charge in [-0.2, -0.15) is 0 Å². The fraction of sp³-hybridized carbons (Fsp3) is 0.300. The Hall–Kier alpha value is -0.830. The number of rotatable bonds is 2. The topological polar surface area (TPSA) is 24.4 Å². The SMILES string of the molecule is C/N=C/c1c(Br)cc(C)cc1NC. The maximum atomic E-state index is 4.01. The summed E-state index contributed by atoms with van der Waals surface area (Å²) in [7, 11) is 3.68. The number of nitrogens with one attached hydrogen (secondary N) is 1. The standard InChI is InChI=1S/C10H13BrN2/c1-7-4-9(11)8(6-12-2)10(5-7)13-3/h4-6,13H,1-3H3/b12-6+. The average Bonchev–Trinajstić information content (AvgIpc) is 2.09. The van der Waals surface area contributed by atoms with E-state index in [2.05, 4.69) is 45.3 Å². The first-order valence-corrected chi connectivity index (χ1v) is 4.88. The van der Waals surface area contributed by atoms with Crippen LogP contribution in [0.4, 0.5) is 5.69 Å². The zero-order valence-corrected chi connectivity index (χ0v) is 9.64. The van der Waals surface area contributed by atoms with Crippen LogP contribution in [-0.2, 0) is 0 Å². The molecule has 0 unspecified atom stereocenters. The summed E-state index contributed by atoms with van der Waals surface area (Å²) in [5, 5.41) is 3.14. The minimum absolute atomic E-state index is 1.07. The van der Waals surface area contributed by atoms with E-state index in [1.807, 2.05) is 13.3 Å². The van der Waals surface area contributed by atoms with E-state index in [9.17, 15) is 0 Å². The van der Waals surface area contributed by atoms with Crippen LogP contribution < -0.4 is 5.32 Å². The molecule has 0 fully saturated rings. The lowest BCUT2D eigenvalue weighted by Gasteiger charge is -2.08. The molecule has 0 atom stereocenters. The summed E-state index contributed by atoms with van der Waals surface area (Å²) in [6.45, 7) is 2.07. The fourth-order valence-electron chi connectivity index (χ4n) is 1.22. The van der Waals surface area contributed by atoms with Gasteiger partial charge in [0.1, 0.15) is 0 Å². The van der Waals surface area contributed by atoms with E-state index in [0.29, 0.717) is 0 Å². The van der Waals surface area contributed by atoms with Gasteiger partial charge in [-0.15, -0.1) is 0 Å². The van der Waals surface area contributed by atoms with Gasteiger partial charge in [-0.3, -0.25) is 4.99 Å². The molecule has 0 saturated heterocycles. The predicted octanol–water partition coefficient (Wildman–Crippen LogP) is 2.85. The van der Waals surface area contributed by atoms with Gasteiger partial charge >= 0.3 is 0 Å². The summed E-state index contributed by atoms with van der Waals surface area (Å²) in [6, 6.07) is 4.18. The molecule has 1 N–H and O–H groups in total. The van der Waals surface area contributed by atoms with Gasteiger partial charge in [0.25, 0.3) is 0 Å². The highest BCUT2D eigenvalue weighted by Crippen LogP contribution is 2.24. The molecule has 0 aliphatic rings. The molecule has 0 heterocycles. The van der Waals surface area contributed by atoms with E-state index in [1.165, 1.54) is 5.56 Å². The van der Waals surface area contributed by atoms with Crippen molar-refractivity contribution < 1.29 is 0 Å². The molecule has 70 valence electrons. The number of aliphatic imine (C=N–C) groups is 1. The Morgan fingerprint density at radius 1 is 1.46 bits per heavy atom. The molecule has 13 heavy (non-hydrogen) atoms. The number of hydrogen-bond donors (Lipinski definition) is 1. The molecule has 0 radical (unpaired) electrons. The van der Waals surface area contributed by atoms with E-state index in [1.54, 1.807) is 7.05 Å². The molecule has 0 aliphatic carbocycles. The predicted molar refractivity (Wildman–Crippen MR) is 61.9 cm³/mol. The third-order valence-electron chi connectivity index (χ3n) is 1.80. The highest BCUT2D eigenvalue weighted by molar-refractivity contribution is 9.10. The second-order valence-electron chi connectivity index (χ2n) is 2.85. The van der Waals surface area contributed by atoms with Crippen molar-refractivity contribution >= 4 is 27.8 Å². The summed E-state index contributed by atoms with van der Waals surface area (Å²) >= 11 is 3.51. The Labute approximate surface area is 87.2 Å². The molecule has 2 nitrogen and oxygen atoms in total. The van der Waals surface area contributed by atoms with Gasteiger partial charge in [0, 0.05) is 36.0 Å². The van der Waals surface area contributed by atoms with E-state index in [0.717, 1.165) is 15.7 Å². The fourth-order valence-corrected chi connectivity index (χ4v) is 1.90. The monoisotopic (exact) mass is 240 g/mol. The molecule has 0 aliphatic heterocycles. The highest BCUT2D eigenvalue weighted by Gasteiger charge is 2.03. The van der Waals surface area contributed by atoms with Crippen molar-refractivity contribution in [3.63, 3.8) is 0 Å². The quantitative estimate of drug-likeness (QED) is 0.791. The van der Waals surface area contributed by atoms with Gasteiger partial charge in [-0.25, -0.2) is 0 Å². The lowest BCUT2D eigenvalue weighted by molar-refractivity contribution is 1.39. The zero-order chi connectivity index (χ0) is 9.84. The summed E-state index contributed by atoms with van der Waals surface area (Å²) in [5.74, 6) is 0. The zero-order valence-electron chi connectivity index (χ0n) is 8.06. The lowest BCUT2D eigenvalue weighted by atomic mass is 10.1. The third-order valence-corrected chi connectivity index (χ3v) is 2.46. The van der Waals surface area contributed by atoms with Gasteiger partial charge in [-0.1, -0.05) is 15.9 Å². The van der Waals surface area contributed by atoms with E-state index >= 15 is 0 Å². The van der Waals surface area contributed by atoms with Crippen molar-refractivity contribution in [3.8, 4) is 0 Å². The second-order valence-corrected chi connectivity index (χ2v) is 3.70. The Bertz CT molecular complexity index is 332. The Morgan fingerprint density at radius 2 is 2.15 bits per heavy atom. The molecule has 3 heteroatoms. The normalized spacial score (nSPS) is 10.8. The molecule has 0 spiro atoms. The van der Waals surface area contributed by atoms with E-state index < -0.39 is 0 Å². The largest absolute Gasteiger partial charge is 0.388 e. The Morgan fingerprint density at radius 3 is 2.69 bits per heavy atom.